The summed E-state index contributed by atoms with van der Waals surface area (Å²) in [7, 11) is -6.79. The second kappa shape index (κ2) is 12.4. The molecule has 2 aliphatic rings. The van der Waals surface area contributed by atoms with E-state index in [1.807, 2.05) is 0 Å². The standard InChI is InChI=1S/C44H46N4Si4/c1-49(2,3)25-21-33-29-17-13-14-18-30(29)34(22-26-50(4,5)6)38-37(33)45-41-42(46-38)44-43(41)47-39-35(23-27-51(7,8)9)31-19-15-16-20-32(31)36(40(39)48-44)24-28-52(10,11)12/h13-20,45-46H,1-12H3. The minimum absolute atomic E-state index is 0.807. The summed E-state index contributed by atoms with van der Waals surface area (Å²) >= 11 is 0. The van der Waals surface area contributed by atoms with E-state index in [1.165, 1.54) is 0 Å². The molecule has 1 aromatic heterocycles. The van der Waals surface area contributed by atoms with Gasteiger partial charge in [-0.3, -0.25) is 0 Å². The number of aromatic nitrogens is 4. The third-order valence-electron chi connectivity index (χ3n) is 8.52. The summed E-state index contributed by atoms with van der Waals surface area (Å²) in [6.07, 6.45) is 0. The zero-order valence-electron chi connectivity index (χ0n) is 32.5. The average Bonchev–Trinajstić information content (AvgIpc) is 3.04. The van der Waals surface area contributed by atoms with Crippen LogP contribution in [0.4, 0.5) is 0 Å². The highest BCUT2D eigenvalue weighted by Gasteiger charge is 2.23. The molecule has 52 heavy (non-hydrogen) atoms. The Balaban J connectivity index is 1.68. The predicted octanol–water partition coefficient (Wildman–Crippen LogP) is 10.5. The summed E-state index contributed by atoms with van der Waals surface area (Å²) in [5, 5.41) is 6.22. The lowest BCUT2D eigenvalue weighted by atomic mass is 9.96. The van der Waals surface area contributed by atoms with Crippen molar-refractivity contribution in [1.82, 2.24) is 19.9 Å². The molecule has 0 bridgehead atoms. The maximum Gasteiger partial charge on any atom is 0.129 e. The molecular weight excluding hydrogens is 697 g/mol. The van der Waals surface area contributed by atoms with E-state index in [0.717, 1.165) is 87.6 Å². The summed E-state index contributed by atoms with van der Waals surface area (Å²) in [6, 6.07) is 17.0. The fourth-order valence-corrected chi connectivity index (χ4v) is 8.18. The van der Waals surface area contributed by atoms with Crippen molar-refractivity contribution in [3.63, 3.8) is 0 Å². The summed E-state index contributed by atoms with van der Waals surface area (Å²) in [4.78, 5) is 18.5. The Morgan fingerprint density at radius 3 is 0.942 bits per heavy atom. The average molecular weight is 743 g/mol. The van der Waals surface area contributed by atoms with Gasteiger partial charge in [-0.1, -0.05) is 151 Å². The fraction of sp³-hybridized carbons (Fsp3) is 0.273. The van der Waals surface area contributed by atoms with Crippen molar-refractivity contribution in [2.75, 3.05) is 0 Å². The lowest BCUT2D eigenvalue weighted by Gasteiger charge is -2.17. The number of aromatic amines is 2. The molecule has 0 fully saturated rings. The van der Waals surface area contributed by atoms with Gasteiger partial charge in [0.25, 0.3) is 0 Å². The van der Waals surface area contributed by atoms with Gasteiger partial charge < -0.3 is 9.97 Å². The van der Waals surface area contributed by atoms with E-state index in [9.17, 15) is 0 Å². The largest absolute Gasteiger partial charge is 0.349 e. The molecule has 0 atom stereocenters. The van der Waals surface area contributed by atoms with Crippen LogP contribution in [0.3, 0.4) is 0 Å². The number of nitrogens with zero attached hydrogens (tertiary/aromatic N) is 2. The smallest absolute Gasteiger partial charge is 0.129 e. The SMILES string of the molecule is C[Si](C)(C)C#Cc1c2ccccc2c(C#C[Si](C)(C)C)c2nc3c4[nH]c5c(C#C[Si](C)(C)C)c6ccccc6c(C#C[Si](C)(C)C)c5[nH]c=4c3nc12. The molecule has 258 valence electrons. The highest BCUT2D eigenvalue weighted by molar-refractivity contribution is 6.85. The maximum atomic E-state index is 5.43. The first-order chi connectivity index (χ1) is 24.3. The summed E-state index contributed by atoms with van der Waals surface area (Å²) in [5.74, 6) is 14.5. The minimum atomic E-state index is -1.70. The third kappa shape index (κ3) is 6.89. The number of benzene rings is 4. The van der Waals surface area contributed by atoms with E-state index in [2.05, 4.69) is 183 Å². The first-order valence-electron chi connectivity index (χ1n) is 18.0. The van der Waals surface area contributed by atoms with E-state index in [-0.39, 0.29) is 0 Å². The molecule has 5 aromatic rings. The van der Waals surface area contributed by atoms with Crippen molar-refractivity contribution in [2.24, 2.45) is 0 Å². The molecule has 0 unspecified atom stereocenters. The maximum absolute atomic E-state index is 5.43. The molecule has 1 aliphatic heterocycles. The monoisotopic (exact) mass is 742 g/mol. The van der Waals surface area contributed by atoms with Gasteiger partial charge in [0.05, 0.1) is 44.0 Å². The topological polar surface area (TPSA) is 57.4 Å². The Morgan fingerprint density at radius 2 is 0.654 bits per heavy atom. The van der Waals surface area contributed by atoms with Gasteiger partial charge in [-0.05, 0) is 0 Å². The number of fused-ring (bicyclic) bond motifs is 7. The van der Waals surface area contributed by atoms with Crippen LogP contribution in [0.25, 0.3) is 54.6 Å². The van der Waals surface area contributed by atoms with E-state index in [1.54, 1.807) is 0 Å². The van der Waals surface area contributed by atoms with Gasteiger partial charge in [0.1, 0.15) is 54.4 Å². The van der Waals surface area contributed by atoms with E-state index in [0.29, 0.717) is 0 Å². The zero-order valence-corrected chi connectivity index (χ0v) is 36.5. The fourth-order valence-electron chi connectivity index (χ4n) is 6.18. The Morgan fingerprint density at radius 1 is 0.385 bits per heavy atom. The van der Waals surface area contributed by atoms with Crippen molar-refractivity contribution < 1.29 is 0 Å². The number of nitrogens with one attached hydrogen (secondary N) is 2. The Hall–Kier alpha value is -4.81. The quantitative estimate of drug-likeness (QED) is 0.0924. The molecule has 4 nitrogen and oxygen atoms in total. The van der Waals surface area contributed by atoms with Crippen LogP contribution in [0.15, 0.2) is 48.5 Å². The van der Waals surface area contributed by atoms with Gasteiger partial charge in [0, 0.05) is 21.5 Å². The van der Waals surface area contributed by atoms with Gasteiger partial charge >= 0.3 is 0 Å². The van der Waals surface area contributed by atoms with Crippen molar-refractivity contribution in [3.8, 4) is 45.9 Å². The summed E-state index contributed by atoms with van der Waals surface area (Å²) in [5.41, 5.74) is 23.6. The van der Waals surface area contributed by atoms with Crippen molar-refractivity contribution in [2.45, 2.75) is 78.6 Å². The van der Waals surface area contributed by atoms with E-state index < -0.39 is 32.3 Å². The predicted molar refractivity (Wildman–Crippen MR) is 234 cm³/mol. The second-order valence-corrected chi connectivity index (χ2v) is 37.0. The third-order valence-corrected chi connectivity index (χ3v) is 12.0. The van der Waals surface area contributed by atoms with Gasteiger partial charge in [0.2, 0.25) is 0 Å². The number of hydrogen-bond acceptors (Lipinski definition) is 2. The Kier molecular flexibility index (Phi) is 8.49. The number of H-pyrrole nitrogens is 2. The van der Waals surface area contributed by atoms with Gasteiger partial charge in [-0.25, -0.2) is 9.97 Å². The van der Waals surface area contributed by atoms with Crippen LogP contribution in [0.2, 0.25) is 78.6 Å². The van der Waals surface area contributed by atoms with Crippen molar-refractivity contribution in [3.05, 3.63) is 81.5 Å². The summed E-state index contributed by atoms with van der Waals surface area (Å²) in [6.45, 7) is 27.4. The highest BCUT2D eigenvalue weighted by atomic mass is 28.3. The molecule has 8 heteroatoms. The van der Waals surface area contributed by atoms with Crippen molar-refractivity contribution in [1.29, 1.82) is 0 Å². The molecule has 0 spiro atoms. The zero-order chi connectivity index (χ0) is 37.4. The molecule has 0 saturated heterocycles. The second-order valence-electron chi connectivity index (χ2n) is 18.0. The van der Waals surface area contributed by atoms with Crippen LogP contribution in [0, 0.1) is 56.6 Å². The van der Waals surface area contributed by atoms with Crippen LogP contribution in [0.1, 0.15) is 22.3 Å². The van der Waals surface area contributed by atoms with Crippen LogP contribution in [-0.2, 0) is 0 Å². The molecule has 0 saturated carbocycles. The molecule has 2 N–H and O–H groups in total. The number of hydrogen-bond donors (Lipinski definition) is 2. The summed E-state index contributed by atoms with van der Waals surface area (Å²) < 4.78 is 0. The van der Waals surface area contributed by atoms with Gasteiger partial charge in [-0.2, -0.15) is 0 Å². The van der Waals surface area contributed by atoms with Crippen LogP contribution >= 0.6 is 0 Å². The molecule has 4 aromatic carbocycles. The first-order valence-corrected chi connectivity index (χ1v) is 32.0. The normalized spacial score (nSPS) is 12.4. The molecule has 0 amide bonds. The van der Waals surface area contributed by atoms with Crippen LogP contribution < -0.4 is 0 Å². The Labute approximate surface area is 311 Å². The highest BCUT2D eigenvalue weighted by Crippen LogP contribution is 2.36. The first kappa shape index (κ1) is 35.6. The lowest BCUT2D eigenvalue weighted by Crippen LogP contribution is -2.17. The van der Waals surface area contributed by atoms with Crippen molar-refractivity contribution >= 4 is 86.9 Å². The Bertz CT molecular complexity index is 2760. The lowest BCUT2D eigenvalue weighted by molar-refractivity contribution is 1.15. The molecular formula is C44H46N4Si4. The van der Waals surface area contributed by atoms with Gasteiger partial charge in [0.15, 0.2) is 0 Å². The van der Waals surface area contributed by atoms with Crippen LogP contribution in [-0.4, -0.2) is 52.2 Å². The molecule has 7 rings (SSSR count). The molecule has 1 aliphatic carbocycles. The molecule has 2 heterocycles. The number of rotatable bonds is 0. The molecule has 0 radical (unpaired) electrons. The van der Waals surface area contributed by atoms with Gasteiger partial charge in [-0.15, -0.1) is 22.2 Å². The minimum Gasteiger partial charge on any atom is -0.349 e. The van der Waals surface area contributed by atoms with E-state index >= 15 is 0 Å². The van der Waals surface area contributed by atoms with E-state index in [4.69, 9.17) is 9.97 Å². The van der Waals surface area contributed by atoms with Crippen LogP contribution in [0.5, 0.6) is 0 Å².